The Morgan fingerprint density at radius 2 is 1.64 bits per heavy atom. The molecule has 3 aromatic carbocycles. The summed E-state index contributed by atoms with van der Waals surface area (Å²) >= 11 is 19.1. The van der Waals surface area contributed by atoms with Crippen molar-refractivity contribution in [1.29, 1.82) is 5.26 Å². The summed E-state index contributed by atoms with van der Waals surface area (Å²) in [6.45, 7) is 0.412. The molecule has 0 heterocycles. The number of hydrogen-bond acceptors (Lipinski definition) is 2. The average Bonchev–Trinajstić information content (AvgIpc) is 2.67. The molecule has 0 radical (unpaired) electrons. The lowest BCUT2D eigenvalue weighted by atomic mass is 10.0. The molecule has 0 aliphatic carbocycles. The second kappa shape index (κ2) is 9.62. The van der Waals surface area contributed by atoms with Crippen molar-refractivity contribution in [3.63, 3.8) is 0 Å². The van der Waals surface area contributed by atoms with Gasteiger partial charge in [0.15, 0.2) is 0 Å². The van der Waals surface area contributed by atoms with Crippen LogP contribution in [0.3, 0.4) is 0 Å². The number of nitriles is 1. The van der Waals surface area contributed by atoms with Crippen LogP contribution in [0.25, 0.3) is 11.6 Å². The van der Waals surface area contributed by atoms with Crippen LogP contribution in [-0.2, 0) is 6.61 Å². The Morgan fingerprint density at radius 3 is 2.25 bits per heavy atom. The molecular formula is C22H13Br2Cl2NO. The van der Waals surface area contributed by atoms with Gasteiger partial charge in [0.05, 0.1) is 20.6 Å². The first-order chi connectivity index (χ1) is 13.5. The molecule has 3 rings (SSSR count). The number of ether oxygens (including phenoxy) is 1. The first kappa shape index (κ1) is 21.0. The number of rotatable bonds is 5. The van der Waals surface area contributed by atoms with Crippen molar-refractivity contribution in [1.82, 2.24) is 0 Å². The highest BCUT2D eigenvalue weighted by Gasteiger charge is 2.10. The number of nitrogens with zero attached hydrogens (tertiary/aromatic N) is 1. The summed E-state index contributed by atoms with van der Waals surface area (Å²) < 4.78 is 7.51. The van der Waals surface area contributed by atoms with E-state index < -0.39 is 0 Å². The van der Waals surface area contributed by atoms with Crippen molar-refractivity contribution in [2.24, 2.45) is 0 Å². The molecule has 0 spiro atoms. The normalized spacial score (nSPS) is 11.2. The maximum absolute atomic E-state index is 9.54. The van der Waals surface area contributed by atoms with E-state index in [0.29, 0.717) is 28.0 Å². The fourth-order valence-corrected chi connectivity index (χ4v) is 4.31. The third kappa shape index (κ3) is 5.40. The smallest absolute Gasteiger partial charge is 0.148 e. The van der Waals surface area contributed by atoms with E-state index in [1.165, 1.54) is 0 Å². The highest BCUT2D eigenvalue weighted by molar-refractivity contribution is 9.11. The Kier molecular flexibility index (Phi) is 7.20. The molecule has 0 atom stereocenters. The molecule has 140 valence electrons. The molecule has 28 heavy (non-hydrogen) atoms. The van der Waals surface area contributed by atoms with E-state index in [-0.39, 0.29) is 0 Å². The van der Waals surface area contributed by atoms with Crippen LogP contribution in [0.4, 0.5) is 0 Å². The van der Waals surface area contributed by atoms with Crippen molar-refractivity contribution in [3.8, 4) is 11.8 Å². The first-order valence-corrected chi connectivity index (χ1v) is 10.5. The van der Waals surface area contributed by atoms with E-state index in [9.17, 15) is 5.26 Å². The molecule has 0 saturated carbocycles. The SMILES string of the molecule is N#C/C(=C/c1cc(Br)c(OCc2ccc(Cl)cc2)c(Br)c1)c1cccc(Cl)c1. The minimum Gasteiger partial charge on any atom is -0.487 e. The topological polar surface area (TPSA) is 33.0 Å². The third-order valence-corrected chi connectivity index (χ3v) is 5.55. The molecule has 3 aromatic rings. The van der Waals surface area contributed by atoms with Crippen LogP contribution in [0.1, 0.15) is 16.7 Å². The fraction of sp³-hybridized carbons (Fsp3) is 0.0455. The molecule has 0 fully saturated rings. The van der Waals surface area contributed by atoms with Gasteiger partial charge in [0.2, 0.25) is 0 Å². The second-order valence-corrected chi connectivity index (χ2v) is 8.49. The number of allylic oxidation sites excluding steroid dienone is 1. The van der Waals surface area contributed by atoms with Crippen molar-refractivity contribution < 1.29 is 4.74 Å². The minimum atomic E-state index is 0.412. The van der Waals surface area contributed by atoms with E-state index in [1.54, 1.807) is 12.1 Å². The lowest BCUT2D eigenvalue weighted by Crippen LogP contribution is -1.97. The van der Waals surface area contributed by atoms with Crippen molar-refractivity contribution in [2.75, 3.05) is 0 Å². The maximum Gasteiger partial charge on any atom is 0.148 e. The molecule has 0 aliphatic heterocycles. The zero-order valence-corrected chi connectivity index (χ0v) is 19.1. The maximum atomic E-state index is 9.54. The highest BCUT2D eigenvalue weighted by atomic mass is 79.9. The highest BCUT2D eigenvalue weighted by Crippen LogP contribution is 2.36. The van der Waals surface area contributed by atoms with Gasteiger partial charge in [0, 0.05) is 10.0 Å². The Bertz CT molecular complexity index is 1050. The molecule has 0 amide bonds. The lowest BCUT2D eigenvalue weighted by molar-refractivity contribution is 0.302. The predicted octanol–water partition coefficient (Wildman–Crippen LogP) is 8.16. The van der Waals surface area contributed by atoms with E-state index in [1.807, 2.05) is 54.6 Å². The van der Waals surface area contributed by atoms with Gasteiger partial charge in [-0.05, 0) is 91.0 Å². The first-order valence-electron chi connectivity index (χ1n) is 8.20. The van der Waals surface area contributed by atoms with Gasteiger partial charge in [0.25, 0.3) is 0 Å². The van der Waals surface area contributed by atoms with Gasteiger partial charge >= 0.3 is 0 Å². The van der Waals surface area contributed by atoms with Crippen LogP contribution < -0.4 is 4.74 Å². The van der Waals surface area contributed by atoms with Gasteiger partial charge in [-0.1, -0.05) is 47.5 Å². The lowest BCUT2D eigenvalue weighted by Gasteiger charge is -2.12. The largest absolute Gasteiger partial charge is 0.487 e. The molecule has 2 nitrogen and oxygen atoms in total. The molecule has 0 aromatic heterocycles. The zero-order valence-electron chi connectivity index (χ0n) is 14.4. The van der Waals surface area contributed by atoms with E-state index in [2.05, 4.69) is 37.9 Å². The van der Waals surface area contributed by atoms with Crippen LogP contribution in [0.15, 0.2) is 69.6 Å². The molecule has 6 heteroatoms. The summed E-state index contributed by atoms with van der Waals surface area (Å²) in [5.41, 5.74) is 3.16. The Morgan fingerprint density at radius 1 is 0.964 bits per heavy atom. The third-order valence-electron chi connectivity index (χ3n) is 3.88. The Balaban J connectivity index is 1.84. The van der Waals surface area contributed by atoms with Gasteiger partial charge in [-0.2, -0.15) is 5.26 Å². The van der Waals surface area contributed by atoms with Gasteiger partial charge in [-0.3, -0.25) is 0 Å². The van der Waals surface area contributed by atoms with Gasteiger partial charge in [-0.15, -0.1) is 0 Å². The summed E-state index contributed by atoms with van der Waals surface area (Å²) in [6.07, 6.45) is 1.81. The molecule has 0 N–H and O–H groups in total. The monoisotopic (exact) mass is 535 g/mol. The van der Waals surface area contributed by atoms with Crippen molar-refractivity contribution >= 4 is 66.7 Å². The van der Waals surface area contributed by atoms with Crippen LogP contribution in [0.2, 0.25) is 10.0 Å². The van der Waals surface area contributed by atoms with Crippen molar-refractivity contribution in [3.05, 3.63) is 96.3 Å². The fourth-order valence-electron chi connectivity index (χ4n) is 2.54. The van der Waals surface area contributed by atoms with E-state index in [0.717, 1.165) is 25.6 Å². The Hall–Kier alpha value is -1.77. The summed E-state index contributed by atoms with van der Waals surface area (Å²) in [6, 6.07) is 20.8. The molecule has 0 saturated heterocycles. The summed E-state index contributed by atoms with van der Waals surface area (Å²) in [5.74, 6) is 0.688. The minimum absolute atomic E-state index is 0.412. The number of hydrogen-bond donors (Lipinski definition) is 0. The molecule has 0 unspecified atom stereocenters. The zero-order chi connectivity index (χ0) is 20.1. The molecular weight excluding hydrogens is 525 g/mol. The predicted molar refractivity (Wildman–Crippen MR) is 123 cm³/mol. The van der Waals surface area contributed by atoms with Gasteiger partial charge < -0.3 is 4.74 Å². The summed E-state index contributed by atoms with van der Waals surface area (Å²) in [7, 11) is 0. The van der Waals surface area contributed by atoms with Crippen LogP contribution in [0, 0.1) is 11.3 Å². The number of halogens is 4. The van der Waals surface area contributed by atoms with Crippen LogP contribution in [-0.4, -0.2) is 0 Å². The standard InChI is InChI=1S/C22H13Br2Cl2NO/c23-20-9-15(8-17(12-27)16-2-1-3-19(26)11-16)10-21(24)22(20)28-13-14-4-6-18(25)7-5-14/h1-11H,13H2/b17-8-. The van der Waals surface area contributed by atoms with Crippen molar-refractivity contribution in [2.45, 2.75) is 6.61 Å². The van der Waals surface area contributed by atoms with Gasteiger partial charge in [-0.25, -0.2) is 0 Å². The molecule has 0 bridgehead atoms. The van der Waals surface area contributed by atoms with E-state index in [4.69, 9.17) is 27.9 Å². The van der Waals surface area contributed by atoms with Gasteiger partial charge in [0.1, 0.15) is 12.4 Å². The molecule has 0 aliphatic rings. The summed E-state index contributed by atoms with van der Waals surface area (Å²) in [5, 5.41) is 10.8. The van der Waals surface area contributed by atoms with Crippen LogP contribution >= 0.6 is 55.1 Å². The quantitative estimate of drug-likeness (QED) is 0.243. The second-order valence-electron chi connectivity index (χ2n) is 5.91. The van der Waals surface area contributed by atoms with E-state index >= 15 is 0 Å². The Labute approximate surface area is 190 Å². The average molecular weight is 538 g/mol. The summed E-state index contributed by atoms with van der Waals surface area (Å²) in [4.78, 5) is 0. The number of benzene rings is 3. The van der Waals surface area contributed by atoms with Crippen LogP contribution in [0.5, 0.6) is 5.75 Å².